The van der Waals surface area contributed by atoms with Crippen molar-refractivity contribution in [2.24, 2.45) is 5.10 Å². The van der Waals surface area contributed by atoms with Crippen molar-refractivity contribution in [3.63, 3.8) is 0 Å². The first-order chi connectivity index (χ1) is 14.4. The number of methoxy groups -OCH3 is 1. The van der Waals surface area contributed by atoms with Gasteiger partial charge >= 0.3 is 0 Å². The van der Waals surface area contributed by atoms with E-state index in [9.17, 15) is 9.59 Å². The highest BCUT2D eigenvalue weighted by Gasteiger charge is 2.11. The molecule has 7 nitrogen and oxygen atoms in total. The second-order valence-corrected chi connectivity index (χ2v) is 7.06. The highest BCUT2D eigenvalue weighted by atomic mass is 35.5. The lowest BCUT2D eigenvalue weighted by Gasteiger charge is -2.21. The molecule has 0 aliphatic heterocycles. The molecule has 0 bridgehead atoms. The third kappa shape index (κ3) is 6.64. The van der Waals surface area contributed by atoms with Gasteiger partial charge in [0, 0.05) is 36.1 Å². The van der Waals surface area contributed by atoms with Crippen molar-refractivity contribution in [2.75, 3.05) is 30.4 Å². The Morgan fingerprint density at radius 3 is 2.43 bits per heavy atom. The van der Waals surface area contributed by atoms with Crippen molar-refractivity contribution in [3.05, 3.63) is 52.0 Å². The van der Waals surface area contributed by atoms with E-state index < -0.39 is 18.2 Å². The Morgan fingerprint density at radius 2 is 1.80 bits per heavy atom. The maximum atomic E-state index is 12.0. The molecule has 0 aromatic heterocycles. The summed E-state index contributed by atoms with van der Waals surface area (Å²) < 4.78 is 5.42. The van der Waals surface area contributed by atoms with E-state index in [0.29, 0.717) is 27.0 Å². The molecule has 2 rings (SSSR count). The quantitative estimate of drug-likeness (QED) is 0.338. The van der Waals surface area contributed by atoms with Gasteiger partial charge in [0.15, 0.2) is 0 Å². The summed E-state index contributed by atoms with van der Waals surface area (Å²) in [5.41, 5.74) is 4.53. The molecule has 2 aromatic rings. The molecular formula is C21H24Cl2N4O3. The molecule has 0 heterocycles. The van der Waals surface area contributed by atoms with Gasteiger partial charge in [0.1, 0.15) is 12.2 Å². The number of nitrogens with zero attached hydrogens (tertiary/aromatic N) is 2. The zero-order chi connectivity index (χ0) is 22.1. The second-order valence-electron chi connectivity index (χ2n) is 6.25. The molecule has 0 radical (unpaired) electrons. The number of carbonyl (C=O) groups excluding carboxylic acids is 2. The van der Waals surface area contributed by atoms with Crippen LogP contribution in [0.3, 0.4) is 0 Å². The number of rotatable bonds is 9. The van der Waals surface area contributed by atoms with Crippen LogP contribution >= 0.6 is 23.2 Å². The predicted molar refractivity (Wildman–Crippen MR) is 122 cm³/mol. The Balaban J connectivity index is 1.93. The Morgan fingerprint density at radius 1 is 1.07 bits per heavy atom. The average Bonchev–Trinajstić information content (AvgIpc) is 2.72. The predicted octanol–water partition coefficient (Wildman–Crippen LogP) is 4.33. The number of benzene rings is 2. The summed E-state index contributed by atoms with van der Waals surface area (Å²) in [4.78, 5) is 26.1. The van der Waals surface area contributed by atoms with Crippen molar-refractivity contribution in [2.45, 2.75) is 20.3 Å². The van der Waals surface area contributed by atoms with Crippen LogP contribution in [0.1, 0.15) is 25.8 Å². The lowest BCUT2D eigenvalue weighted by Crippen LogP contribution is -2.24. The van der Waals surface area contributed by atoms with Crippen LogP contribution in [0.15, 0.2) is 41.5 Å². The molecule has 0 saturated heterocycles. The minimum atomic E-state index is -0.553. The van der Waals surface area contributed by atoms with Crippen LogP contribution in [-0.4, -0.2) is 38.2 Å². The minimum absolute atomic E-state index is 0.310. The van der Waals surface area contributed by atoms with Gasteiger partial charge in [0.2, 0.25) is 11.8 Å². The van der Waals surface area contributed by atoms with Gasteiger partial charge < -0.3 is 15.0 Å². The van der Waals surface area contributed by atoms with Crippen LogP contribution in [-0.2, 0) is 9.59 Å². The van der Waals surface area contributed by atoms with Gasteiger partial charge in [-0.2, -0.15) is 5.10 Å². The molecule has 0 fully saturated rings. The first kappa shape index (κ1) is 23.5. The zero-order valence-corrected chi connectivity index (χ0v) is 18.5. The first-order valence-electron chi connectivity index (χ1n) is 9.37. The highest BCUT2D eigenvalue weighted by molar-refractivity contribution is 6.42. The first-order valence-corrected chi connectivity index (χ1v) is 10.1. The normalized spacial score (nSPS) is 10.7. The van der Waals surface area contributed by atoms with Crippen LogP contribution in [0.2, 0.25) is 10.0 Å². The molecule has 2 N–H and O–H groups in total. The molecule has 30 heavy (non-hydrogen) atoms. The summed E-state index contributed by atoms with van der Waals surface area (Å²) in [6, 6.07) is 10.4. The Labute approximate surface area is 186 Å². The Hall–Kier alpha value is -2.77. The van der Waals surface area contributed by atoms with E-state index in [4.69, 9.17) is 27.9 Å². The van der Waals surface area contributed by atoms with Gasteiger partial charge in [-0.05, 0) is 44.2 Å². The van der Waals surface area contributed by atoms with Gasteiger partial charge in [-0.1, -0.05) is 23.2 Å². The molecule has 0 atom stereocenters. The number of hydrogen-bond acceptors (Lipinski definition) is 5. The number of ether oxygens (including phenoxy) is 1. The summed E-state index contributed by atoms with van der Waals surface area (Å²) in [7, 11) is 1.57. The molecule has 0 spiro atoms. The molecule has 0 aliphatic rings. The molecule has 2 amide bonds. The molecule has 0 unspecified atom stereocenters. The van der Waals surface area contributed by atoms with E-state index in [1.54, 1.807) is 19.2 Å². The van der Waals surface area contributed by atoms with E-state index in [-0.39, 0.29) is 0 Å². The minimum Gasteiger partial charge on any atom is -0.496 e. The number of hydrogen-bond donors (Lipinski definition) is 2. The lowest BCUT2D eigenvalue weighted by molar-refractivity contribution is -0.126. The van der Waals surface area contributed by atoms with Crippen LogP contribution in [0.4, 0.5) is 11.4 Å². The monoisotopic (exact) mass is 450 g/mol. The molecule has 9 heteroatoms. The molecule has 2 aromatic carbocycles. The summed E-state index contributed by atoms with van der Waals surface area (Å²) >= 11 is 11.7. The standard InChI is InChI=1S/C21H24Cl2N4O3/c1-4-27(5-2)16-8-6-14(19(11-16)30-3)13-24-26-21(29)12-20(28)25-15-7-9-17(22)18(23)10-15/h6-11,13H,4-5,12H2,1-3H3,(H,25,28)(H,26,29). The SMILES string of the molecule is CCN(CC)c1ccc(C=NNC(=O)CC(=O)Nc2ccc(Cl)c(Cl)c2)c(OC)c1. The van der Waals surface area contributed by atoms with Gasteiger partial charge in [0.25, 0.3) is 0 Å². The fourth-order valence-electron chi connectivity index (χ4n) is 2.73. The summed E-state index contributed by atoms with van der Waals surface area (Å²) in [6.45, 7) is 5.93. The van der Waals surface area contributed by atoms with E-state index in [1.807, 2.05) is 18.2 Å². The topological polar surface area (TPSA) is 83.0 Å². The third-order valence-corrected chi connectivity index (χ3v) is 5.00. The van der Waals surface area contributed by atoms with Crippen molar-refractivity contribution < 1.29 is 14.3 Å². The summed E-state index contributed by atoms with van der Waals surface area (Å²) in [6.07, 6.45) is 1.08. The lowest BCUT2D eigenvalue weighted by atomic mass is 10.2. The third-order valence-electron chi connectivity index (χ3n) is 4.26. The number of anilines is 2. The van der Waals surface area contributed by atoms with Gasteiger partial charge in [0.05, 0.1) is 23.4 Å². The molecular weight excluding hydrogens is 427 g/mol. The van der Waals surface area contributed by atoms with Gasteiger partial charge in [-0.25, -0.2) is 5.43 Å². The average molecular weight is 451 g/mol. The van der Waals surface area contributed by atoms with E-state index in [2.05, 4.69) is 34.6 Å². The fourth-order valence-corrected chi connectivity index (χ4v) is 3.03. The maximum Gasteiger partial charge on any atom is 0.249 e. The number of hydrazone groups is 1. The largest absolute Gasteiger partial charge is 0.496 e. The van der Waals surface area contributed by atoms with Crippen molar-refractivity contribution in [1.82, 2.24) is 5.43 Å². The van der Waals surface area contributed by atoms with Crippen LogP contribution in [0.5, 0.6) is 5.75 Å². The zero-order valence-electron chi connectivity index (χ0n) is 17.0. The number of halogens is 2. The molecule has 160 valence electrons. The summed E-state index contributed by atoms with van der Waals surface area (Å²) in [5.74, 6) is -0.417. The number of nitrogens with one attached hydrogen (secondary N) is 2. The summed E-state index contributed by atoms with van der Waals surface area (Å²) in [5, 5.41) is 7.18. The Kier molecular flexibility index (Phi) is 8.95. The van der Waals surface area contributed by atoms with E-state index >= 15 is 0 Å². The van der Waals surface area contributed by atoms with E-state index in [1.165, 1.54) is 12.3 Å². The molecule has 0 aliphatic carbocycles. The van der Waals surface area contributed by atoms with Gasteiger partial charge in [-0.3, -0.25) is 9.59 Å². The Bertz CT molecular complexity index is 930. The van der Waals surface area contributed by atoms with E-state index in [0.717, 1.165) is 18.8 Å². The smallest absolute Gasteiger partial charge is 0.249 e. The van der Waals surface area contributed by atoms with Crippen molar-refractivity contribution in [1.29, 1.82) is 0 Å². The number of carbonyl (C=O) groups is 2. The maximum absolute atomic E-state index is 12.0. The second kappa shape index (κ2) is 11.4. The fraction of sp³-hybridized carbons (Fsp3) is 0.286. The number of amides is 2. The van der Waals surface area contributed by atoms with Crippen molar-refractivity contribution >= 4 is 52.6 Å². The highest BCUT2D eigenvalue weighted by Crippen LogP contribution is 2.25. The van der Waals surface area contributed by atoms with Crippen LogP contribution in [0.25, 0.3) is 0 Å². The van der Waals surface area contributed by atoms with Gasteiger partial charge in [-0.15, -0.1) is 0 Å². The van der Waals surface area contributed by atoms with Crippen molar-refractivity contribution in [3.8, 4) is 5.75 Å². The molecule has 0 saturated carbocycles. The van der Waals surface area contributed by atoms with Crippen LogP contribution < -0.4 is 20.4 Å². The van der Waals surface area contributed by atoms with Crippen LogP contribution in [0, 0.1) is 0 Å².